The minimum absolute atomic E-state index is 0.00502. The van der Waals surface area contributed by atoms with E-state index in [0.717, 1.165) is 12.4 Å². The van der Waals surface area contributed by atoms with E-state index in [0.29, 0.717) is 5.92 Å². The smallest absolute Gasteiger partial charge is 0.0598 e. The summed E-state index contributed by atoms with van der Waals surface area (Å²) < 4.78 is 5.69. The predicted octanol–water partition coefficient (Wildman–Crippen LogP) is 3.15. The molecule has 1 unspecified atom stereocenters. The molecule has 1 atom stereocenters. The zero-order chi connectivity index (χ0) is 9.61. The van der Waals surface area contributed by atoms with E-state index in [-0.39, 0.29) is 5.60 Å². The molecule has 0 spiro atoms. The third-order valence-electron chi connectivity index (χ3n) is 1.71. The molecule has 12 heavy (non-hydrogen) atoms. The molecule has 0 aromatic rings. The van der Waals surface area contributed by atoms with Gasteiger partial charge in [-0.2, -0.15) is 12.6 Å². The van der Waals surface area contributed by atoms with E-state index in [9.17, 15) is 0 Å². The standard InChI is InChI=1S/C10H22OS/c1-5-6-9(8-12)7-11-10(2,3)4/h9,12H,5-8H2,1-4H3. The Hall–Kier alpha value is 0.310. The van der Waals surface area contributed by atoms with Crippen LogP contribution in [0.3, 0.4) is 0 Å². The molecular weight excluding hydrogens is 168 g/mol. The Kier molecular flexibility index (Phi) is 6.02. The summed E-state index contributed by atoms with van der Waals surface area (Å²) >= 11 is 4.30. The molecule has 0 aliphatic carbocycles. The van der Waals surface area contributed by atoms with Gasteiger partial charge in [0.05, 0.1) is 12.2 Å². The monoisotopic (exact) mass is 190 g/mol. The van der Waals surface area contributed by atoms with Crippen molar-refractivity contribution in [2.45, 2.75) is 46.1 Å². The van der Waals surface area contributed by atoms with E-state index >= 15 is 0 Å². The summed E-state index contributed by atoms with van der Waals surface area (Å²) in [5.74, 6) is 1.56. The first-order valence-electron chi connectivity index (χ1n) is 4.74. The van der Waals surface area contributed by atoms with Gasteiger partial charge in [-0.3, -0.25) is 0 Å². The third kappa shape index (κ3) is 6.99. The Morgan fingerprint density at radius 3 is 2.25 bits per heavy atom. The maximum atomic E-state index is 5.69. The Balaban J connectivity index is 3.58. The summed E-state index contributed by atoms with van der Waals surface area (Å²) in [6, 6.07) is 0. The fraction of sp³-hybridized carbons (Fsp3) is 1.00. The second-order valence-electron chi connectivity index (χ2n) is 4.26. The third-order valence-corrected chi connectivity index (χ3v) is 2.22. The highest BCUT2D eigenvalue weighted by molar-refractivity contribution is 7.80. The van der Waals surface area contributed by atoms with Crippen LogP contribution in [0, 0.1) is 5.92 Å². The van der Waals surface area contributed by atoms with Crippen molar-refractivity contribution in [3.8, 4) is 0 Å². The van der Waals surface area contributed by atoms with Gasteiger partial charge in [0.15, 0.2) is 0 Å². The van der Waals surface area contributed by atoms with Crippen molar-refractivity contribution >= 4 is 12.6 Å². The van der Waals surface area contributed by atoms with Gasteiger partial charge in [-0.25, -0.2) is 0 Å². The molecule has 0 aromatic heterocycles. The average molecular weight is 190 g/mol. The molecule has 0 aliphatic rings. The predicted molar refractivity (Wildman–Crippen MR) is 58.0 cm³/mol. The molecule has 0 rings (SSSR count). The molecule has 0 bridgehead atoms. The number of hydrogen-bond acceptors (Lipinski definition) is 2. The molecule has 0 fully saturated rings. The first kappa shape index (κ1) is 12.3. The highest BCUT2D eigenvalue weighted by Gasteiger charge is 2.13. The van der Waals surface area contributed by atoms with Crippen LogP contribution < -0.4 is 0 Å². The van der Waals surface area contributed by atoms with Crippen LogP contribution in [-0.4, -0.2) is 18.0 Å². The molecule has 2 heteroatoms. The lowest BCUT2D eigenvalue weighted by Crippen LogP contribution is -2.24. The molecule has 0 N–H and O–H groups in total. The Morgan fingerprint density at radius 2 is 1.92 bits per heavy atom. The molecule has 0 saturated carbocycles. The Bertz CT molecular complexity index is 107. The quantitative estimate of drug-likeness (QED) is 0.655. The molecule has 0 aromatic carbocycles. The summed E-state index contributed by atoms with van der Waals surface area (Å²) in [6.45, 7) is 9.33. The molecule has 0 saturated heterocycles. The van der Waals surface area contributed by atoms with Crippen molar-refractivity contribution in [3.63, 3.8) is 0 Å². The molecule has 0 aliphatic heterocycles. The summed E-state index contributed by atoms with van der Waals surface area (Å²) in [7, 11) is 0. The second-order valence-corrected chi connectivity index (χ2v) is 4.63. The maximum absolute atomic E-state index is 5.69. The van der Waals surface area contributed by atoms with E-state index in [1.165, 1.54) is 12.8 Å². The van der Waals surface area contributed by atoms with Gasteiger partial charge in [-0.1, -0.05) is 13.3 Å². The van der Waals surface area contributed by atoms with Crippen molar-refractivity contribution in [3.05, 3.63) is 0 Å². The highest BCUT2D eigenvalue weighted by Crippen LogP contribution is 2.14. The van der Waals surface area contributed by atoms with Crippen LogP contribution in [0.2, 0.25) is 0 Å². The van der Waals surface area contributed by atoms with E-state index < -0.39 is 0 Å². The Morgan fingerprint density at radius 1 is 1.33 bits per heavy atom. The molecule has 0 heterocycles. The lowest BCUT2D eigenvalue weighted by atomic mass is 10.1. The van der Waals surface area contributed by atoms with E-state index in [2.05, 4.69) is 40.3 Å². The minimum atomic E-state index is -0.00502. The summed E-state index contributed by atoms with van der Waals surface area (Å²) in [5.41, 5.74) is -0.00502. The fourth-order valence-electron chi connectivity index (χ4n) is 1.00. The van der Waals surface area contributed by atoms with Crippen molar-refractivity contribution in [1.29, 1.82) is 0 Å². The van der Waals surface area contributed by atoms with Crippen LogP contribution in [0.1, 0.15) is 40.5 Å². The molecule has 74 valence electrons. The van der Waals surface area contributed by atoms with Gasteiger partial charge in [0.1, 0.15) is 0 Å². The summed E-state index contributed by atoms with van der Waals surface area (Å²) in [6.07, 6.45) is 2.44. The maximum Gasteiger partial charge on any atom is 0.0598 e. The molecule has 1 nitrogen and oxygen atoms in total. The zero-order valence-electron chi connectivity index (χ0n) is 8.76. The van der Waals surface area contributed by atoms with Crippen LogP contribution in [0.4, 0.5) is 0 Å². The largest absolute Gasteiger partial charge is 0.376 e. The van der Waals surface area contributed by atoms with Crippen LogP contribution in [-0.2, 0) is 4.74 Å². The van der Waals surface area contributed by atoms with Crippen LogP contribution in [0.5, 0.6) is 0 Å². The van der Waals surface area contributed by atoms with Crippen molar-refractivity contribution < 1.29 is 4.74 Å². The summed E-state index contributed by atoms with van der Waals surface area (Å²) in [5, 5.41) is 0. The molecule has 0 amide bonds. The second kappa shape index (κ2) is 5.87. The molecule has 0 radical (unpaired) electrons. The zero-order valence-corrected chi connectivity index (χ0v) is 9.66. The van der Waals surface area contributed by atoms with E-state index in [1.54, 1.807) is 0 Å². The SMILES string of the molecule is CCCC(CS)COC(C)(C)C. The van der Waals surface area contributed by atoms with Gasteiger partial charge in [0.25, 0.3) is 0 Å². The normalized spacial score (nSPS) is 14.8. The average Bonchev–Trinajstić information content (AvgIpc) is 1.96. The van der Waals surface area contributed by atoms with E-state index in [4.69, 9.17) is 4.74 Å². The van der Waals surface area contributed by atoms with Gasteiger partial charge in [0.2, 0.25) is 0 Å². The highest BCUT2D eigenvalue weighted by atomic mass is 32.1. The van der Waals surface area contributed by atoms with Crippen LogP contribution >= 0.6 is 12.6 Å². The van der Waals surface area contributed by atoms with Crippen LogP contribution in [0.25, 0.3) is 0 Å². The number of rotatable bonds is 5. The first-order valence-corrected chi connectivity index (χ1v) is 5.37. The minimum Gasteiger partial charge on any atom is -0.376 e. The first-order chi connectivity index (χ1) is 5.49. The number of thiol groups is 1. The van der Waals surface area contributed by atoms with Gasteiger partial charge in [0, 0.05) is 0 Å². The van der Waals surface area contributed by atoms with Gasteiger partial charge >= 0.3 is 0 Å². The summed E-state index contributed by atoms with van der Waals surface area (Å²) in [4.78, 5) is 0. The van der Waals surface area contributed by atoms with Crippen LogP contribution in [0.15, 0.2) is 0 Å². The molecular formula is C10H22OS. The topological polar surface area (TPSA) is 9.23 Å². The Labute approximate surface area is 82.3 Å². The van der Waals surface area contributed by atoms with Gasteiger partial charge < -0.3 is 4.74 Å². The number of hydrogen-bond donors (Lipinski definition) is 1. The van der Waals surface area contributed by atoms with E-state index in [1.807, 2.05) is 0 Å². The number of ether oxygens (including phenoxy) is 1. The van der Waals surface area contributed by atoms with Crippen molar-refractivity contribution in [2.75, 3.05) is 12.4 Å². The van der Waals surface area contributed by atoms with Gasteiger partial charge in [-0.05, 0) is 38.9 Å². The lowest BCUT2D eigenvalue weighted by Gasteiger charge is -2.23. The van der Waals surface area contributed by atoms with Crippen molar-refractivity contribution in [1.82, 2.24) is 0 Å². The fourth-order valence-corrected chi connectivity index (χ4v) is 1.29. The van der Waals surface area contributed by atoms with Gasteiger partial charge in [-0.15, -0.1) is 0 Å². The van der Waals surface area contributed by atoms with Crippen molar-refractivity contribution in [2.24, 2.45) is 5.92 Å². The lowest BCUT2D eigenvalue weighted by molar-refractivity contribution is -0.0198.